The van der Waals surface area contributed by atoms with Crippen molar-refractivity contribution in [3.63, 3.8) is 0 Å². The third-order valence-corrected chi connectivity index (χ3v) is 6.48. The predicted octanol–water partition coefficient (Wildman–Crippen LogP) is 3.04. The third kappa shape index (κ3) is 3.69. The highest BCUT2D eigenvalue weighted by Crippen LogP contribution is 2.36. The fourth-order valence-electron chi connectivity index (χ4n) is 3.73. The molecule has 0 bridgehead atoms. The van der Waals surface area contributed by atoms with Crippen molar-refractivity contribution in [2.75, 3.05) is 5.32 Å². The first-order chi connectivity index (χ1) is 15.0. The van der Waals surface area contributed by atoms with E-state index in [1.54, 1.807) is 30.8 Å². The molecule has 0 unspecified atom stereocenters. The third-order valence-electron chi connectivity index (χ3n) is 6.48. The average molecular weight is 433 g/mol. The van der Waals surface area contributed by atoms with Crippen LogP contribution >= 0.6 is 0 Å². The van der Waals surface area contributed by atoms with Crippen molar-refractivity contribution < 1.29 is 14.1 Å². The summed E-state index contributed by atoms with van der Waals surface area (Å²) in [5, 5.41) is 2.83. The molecule has 0 atom stereocenters. The number of rotatable bonds is 4. The lowest BCUT2D eigenvalue weighted by molar-refractivity contribution is 0.00578. The van der Waals surface area contributed by atoms with E-state index >= 15 is 0 Å². The van der Waals surface area contributed by atoms with Crippen molar-refractivity contribution in [2.45, 2.75) is 45.8 Å². The van der Waals surface area contributed by atoms with Gasteiger partial charge in [-0.2, -0.15) is 0 Å². The second-order valence-electron chi connectivity index (χ2n) is 9.10. The van der Waals surface area contributed by atoms with E-state index in [1.165, 1.54) is 4.68 Å². The van der Waals surface area contributed by atoms with E-state index in [1.807, 2.05) is 70.2 Å². The van der Waals surface area contributed by atoms with Crippen molar-refractivity contribution in [1.29, 1.82) is 0 Å². The van der Waals surface area contributed by atoms with Crippen LogP contribution in [0.3, 0.4) is 0 Å². The number of amides is 1. The summed E-state index contributed by atoms with van der Waals surface area (Å²) in [7, 11) is 1.29. The Bertz CT molecular complexity index is 1190. The molecule has 32 heavy (non-hydrogen) atoms. The second kappa shape index (κ2) is 7.80. The summed E-state index contributed by atoms with van der Waals surface area (Å²) in [6, 6.07) is 16.5. The largest absolute Gasteiger partial charge is 0.494 e. The Morgan fingerprint density at radius 1 is 0.938 bits per heavy atom. The van der Waals surface area contributed by atoms with Gasteiger partial charge in [0.2, 0.25) is 0 Å². The summed E-state index contributed by atoms with van der Waals surface area (Å²) in [6.07, 6.45) is 0. The summed E-state index contributed by atoms with van der Waals surface area (Å²) >= 11 is 0. The number of hydrogen-bond donors (Lipinski definition) is 1. The maximum atomic E-state index is 13.0. The molecule has 7 nitrogen and oxygen atoms in total. The minimum Gasteiger partial charge on any atom is -0.399 e. The average Bonchev–Trinajstić information content (AvgIpc) is 3.10. The van der Waals surface area contributed by atoms with Crippen LogP contribution in [0.5, 0.6) is 0 Å². The first-order valence-corrected chi connectivity index (χ1v) is 10.6. The molecule has 1 fully saturated rings. The topological polar surface area (TPSA) is 74.5 Å². The molecular weight excluding hydrogens is 405 g/mol. The molecule has 3 aromatic rings. The van der Waals surface area contributed by atoms with Crippen LogP contribution in [0, 0.1) is 6.92 Å². The fourth-order valence-corrected chi connectivity index (χ4v) is 3.73. The first kappa shape index (κ1) is 22.1. The summed E-state index contributed by atoms with van der Waals surface area (Å²) in [4.78, 5) is 26.0. The number of aromatic nitrogens is 2. The lowest BCUT2D eigenvalue weighted by atomic mass is 9.79. The molecule has 1 amide bonds. The molecule has 4 rings (SSSR count). The van der Waals surface area contributed by atoms with E-state index < -0.39 is 24.2 Å². The SMILES string of the molecule is Cc1c(C(=O)Nc2ccc(B3OC(C)(C)C(C)(C)O3)cc2)c(=O)n(-c2ccccc2)n1C. The Balaban J connectivity index is 1.55. The smallest absolute Gasteiger partial charge is 0.399 e. The van der Waals surface area contributed by atoms with Crippen molar-refractivity contribution >= 4 is 24.2 Å². The lowest BCUT2D eigenvalue weighted by Gasteiger charge is -2.32. The van der Waals surface area contributed by atoms with Crippen LogP contribution in [0.4, 0.5) is 5.69 Å². The van der Waals surface area contributed by atoms with Crippen molar-refractivity contribution in [3.05, 3.63) is 76.2 Å². The van der Waals surface area contributed by atoms with Gasteiger partial charge in [-0.3, -0.25) is 14.3 Å². The van der Waals surface area contributed by atoms with Gasteiger partial charge in [-0.05, 0) is 64.3 Å². The first-order valence-electron chi connectivity index (χ1n) is 10.6. The highest BCUT2D eigenvalue weighted by molar-refractivity contribution is 6.62. The predicted molar refractivity (Wildman–Crippen MR) is 126 cm³/mol. The minimum absolute atomic E-state index is 0.117. The molecule has 0 aliphatic carbocycles. The zero-order chi connectivity index (χ0) is 23.3. The number of nitrogens with zero attached hydrogens (tertiary/aromatic N) is 2. The van der Waals surface area contributed by atoms with E-state index in [-0.39, 0.29) is 11.1 Å². The lowest BCUT2D eigenvalue weighted by Crippen LogP contribution is -2.41. The minimum atomic E-state index is -0.473. The quantitative estimate of drug-likeness (QED) is 0.642. The van der Waals surface area contributed by atoms with Gasteiger partial charge in [0.1, 0.15) is 5.56 Å². The molecule has 8 heteroatoms. The van der Waals surface area contributed by atoms with Crippen LogP contribution in [0.2, 0.25) is 0 Å². The van der Waals surface area contributed by atoms with Crippen LogP contribution in [0.15, 0.2) is 59.4 Å². The van der Waals surface area contributed by atoms with Gasteiger partial charge < -0.3 is 14.6 Å². The number of hydrogen-bond acceptors (Lipinski definition) is 4. The highest BCUT2D eigenvalue weighted by Gasteiger charge is 2.51. The van der Waals surface area contributed by atoms with Gasteiger partial charge in [-0.1, -0.05) is 30.3 Å². The molecule has 1 aliphatic heterocycles. The van der Waals surface area contributed by atoms with E-state index in [2.05, 4.69) is 5.32 Å². The van der Waals surface area contributed by atoms with Crippen molar-refractivity contribution in [3.8, 4) is 5.69 Å². The molecule has 1 aromatic heterocycles. The Hall–Kier alpha value is -3.10. The highest BCUT2D eigenvalue weighted by atomic mass is 16.7. The van der Waals surface area contributed by atoms with Crippen LogP contribution < -0.4 is 16.3 Å². The number of anilines is 1. The molecule has 1 saturated heterocycles. The molecule has 1 aliphatic rings. The maximum absolute atomic E-state index is 13.0. The number of para-hydroxylation sites is 1. The van der Waals surface area contributed by atoms with Gasteiger partial charge in [0, 0.05) is 12.7 Å². The molecule has 1 N–H and O–H groups in total. The summed E-state index contributed by atoms with van der Waals surface area (Å²) < 4.78 is 15.3. The number of nitrogens with one attached hydrogen (secondary N) is 1. The Morgan fingerprint density at radius 2 is 1.50 bits per heavy atom. The zero-order valence-electron chi connectivity index (χ0n) is 19.3. The van der Waals surface area contributed by atoms with Gasteiger partial charge in [-0.15, -0.1) is 0 Å². The molecule has 0 spiro atoms. The van der Waals surface area contributed by atoms with Gasteiger partial charge in [-0.25, -0.2) is 4.68 Å². The number of carbonyl (C=O) groups is 1. The van der Waals surface area contributed by atoms with Gasteiger partial charge in [0.15, 0.2) is 0 Å². The normalized spacial score (nSPS) is 16.9. The van der Waals surface area contributed by atoms with Crippen LogP contribution in [0.1, 0.15) is 43.7 Å². The Labute approximate surface area is 188 Å². The van der Waals surface area contributed by atoms with Gasteiger partial charge in [0.05, 0.1) is 22.6 Å². The molecule has 2 aromatic carbocycles. The van der Waals surface area contributed by atoms with Crippen LogP contribution in [-0.4, -0.2) is 33.6 Å². The van der Waals surface area contributed by atoms with Gasteiger partial charge >= 0.3 is 7.12 Å². The van der Waals surface area contributed by atoms with Crippen LogP contribution in [0.25, 0.3) is 5.69 Å². The van der Waals surface area contributed by atoms with Crippen molar-refractivity contribution in [2.24, 2.45) is 7.05 Å². The van der Waals surface area contributed by atoms with Gasteiger partial charge in [0.25, 0.3) is 11.5 Å². The number of carbonyl (C=O) groups excluding carboxylic acids is 1. The molecule has 0 saturated carbocycles. The van der Waals surface area contributed by atoms with Crippen LogP contribution in [-0.2, 0) is 16.4 Å². The maximum Gasteiger partial charge on any atom is 0.494 e. The van der Waals surface area contributed by atoms with E-state index in [0.29, 0.717) is 17.1 Å². The number of benzene rings is 2. The fraction of sp³-hybridized carbons (Fsp3) is 0.333. The van der Waals surface area contributed by atoms with E-state index in [9.17, 15) is 9.59 Å². The molecule has 2 heterocycles. The molecular formula is C24H28BN3O4. The van der Waals surface area contributed by atoms with Crippen molar-refractivity contribution in [1.82, 2.24) is 9.36 Å². The Morgan fingerprint density at radius 3 is 2.06 bits per heavy atom. The summed E-state index contributed by atoms with van der Waals surface area (Å²) in [5.74, 6) is -0.443. The van der Waals surface area contributed by atoms with E-state index in [4.69, 9.17) is 9.31 Å². The summed E-state index contributed by atoms with van der Waals surface area (Å²) in [6.45, 7) is 9.78. The monoisotopic (exact) mass is 433 g/mol. The zero-order valence-corrected chi connectivity index (χ0v) is 19.3. The molecule has 166 valence electrons. The van der Waals surface area contributed by atoms with E-state index in [0.717, 1.165) is 5.46 Å². The second-order valence-corrected chi connectivity index (χ2v) is 9.10. The Kier molecular flexibility index (Phi) is 5.39. The summed E-state index contributed by atoms with van der Waals surface area (Å²) in [5.41, 5.74) is 1.66. The molecule has 0 radical (unpaired) electrons. The standard InChI is InChI=1S/C24H28BN3O4/c1-16-20(22(30)28(27(16)6)19-10-8-7-9-11-19)21(29)26-18-14-12-17(13-15-18)25-31-23(2,3)24(4,5)32-25/h7-15H,1-6H3,(H,26,29).